The summed E-state index contributed by atoms with van der Waals surface area (Å²) in [4.78, 5) is 72.6. The molecule has 0 fully saturated rings. The lowest BCUT2D eigenvalue weighted by atomic mass is 9.90. The number of nitrogens with one attached hydrogen (secondary N) is 3. The number of halogens is 3. The number of anilines is 3. The van der Waals surface area contributed by atoms with E-state index in [2.05, 4.69) is 20.9 Å². The van der Waals surface area contributed by atoms with Crippen molar-refractivity contribution in [3.05, 3.63) is 148 Å². The lowest BCUT2D eigenvalue weighted by molar-refractivity contribution is -0.137. The van der Waals surface area contributed by atoms with Crippen molar-refractivity contribution in [1.82, 2.24) is 15.6 Å². The van der Waals surface area contributed by atoms with Gasteiger partial charge in [-0.25, -0.2) is 14.6 Å². The number of hydrogen-bond acceptors (Lipinski definition) is 9. The van der Waals surface area contributed by atoms with Crippen LogP contribution in [0.2, 0.25) is 0 Å². The molecule has 0 spiro atoms. The zero-order valence-electron chi connectivity index (χ0n) is 37.4. The van der Waals surface area contributed by atoms with Crippen LogP contribution in [0.4, 0.5) is 35.2 Å². The Kier molecular flexibility index (Phi) is 13.9. The topological polar surface area (TPSA) is 194 Å². The third-order valence-electron chi connectivity index (χ3n) is 11.9. The fourth-order valence-electron chi connectivity index (χ4n) is 8.38. The highest BCUT2D eigenvalue weighted by Crippen LogP contribution is 2.42. The van der Waals surface area contributed by atoms with Crippen LogP contribution >= 0.6 is 0 Å². The number of pyridine rings is 1. The van der Waals surface area contributed by atoms with Crippen molar-refractivity contribution in [3.63, 3.8) is 0 Å². The number of carboxylic acid groups (broad SMARTS) is 1. The van der Waals surface area contributed by atoms with Crippen molar-refractivity contribution in [2.24, 2.45) is 0 Å². The molecule has 14 nitrogen and oxygen atoms in total. The second-order valence-electron chi connectivity index (χ2n) is 16.6. The van der Waals surface area contributed by atoms with Gasteiger partial charge in [-0.15, -0.1) is 0 Å². The van der Waals surface area contributed by atoms with E-state index in [-0.39, 0.29) is 58.1 Å². The molecule has 0 bridgehead atoms. The van der Waals surface area contributed by atoms with Gasteiger partial charge in [-0.1, -0.05) is 36.8 Å². The largest absolute Gasteiger partial charge is 0.508 e. The molecule has 0 saturated carbocycles. The highest BCUT2D eigenvalue weighted by molar-refractivity contribution is 6.09. The minimum absolute atomic E-state index is 0.0738. The van der Waals surface area contributed by atoms with Crippen LogP contribution in [0.3, 0.4) is 0 Å². The molecular formula is C52H47F3N6O8. The highest BCUT2D eigenvalue weighted by Gasteiger charge is 2.31. The summed E-state index contributed by atoms with van der Waals surface area (Å²) in [6, 6.07) is 27.9. The van der Waals surface area contributed by atoms with Crippen LogP contribution in [0, 0.1) is 0 Å². The van der Waals surface area contributed by atoms with Gasteiger partial charge in [0.2, 0.25) is 5.91 Å². The zero-order chi connectivity index (χ0) is 48.8. The molecule has 2 aliphatic heterocycles. The highest BCUT2D eigenvalue weighted by atomic mass is 19.4. The van der Waals surface area contributed by atoms with Gasteiger partial charge >= 0.3 is 18.2 Å². The Bertz CT molecular complexity index is 3100. The molecule has 0 atom stereocenters. The Labute approximate surface area is 393 Å². The van der Waals surface area contributed by atoms with Gasteiger partial charge in [-0.3, -0.25) is 19.3 Å². The predicted octanol–water partition coefficient (Wildman–Crippen LogP) is 9.92. The average molecular weight is 941 g/mol. The number of nitrogens with zero attached hydrogens (tertiary/aromatic N) is 3. The maximum absolute atomic E-state index is 13.7. The number of carboxylic acids is 1. The number of aromatic nitrogens is 1. The first-order valence-electron chi connectivity index (χ1n) is 22.4. The van der Waals surface area contributed by atoms with Gasteiger partial charge in [-0.2, -0.15) is 13.2 Å². The monoisotopic (exact) mass is 940 g/mol. The van der Waals surface area contributed by atoms with Crippen molar-refractivity contribution in [3.8, 4) is 39.5 Å². The molecule has 4 aromatic carbocycles. The molecular weight excluding hydrogens is 894 g/mol. The molecule has 1 aliphatic carbocycles. The summed E-state index contributed by atoms with van der Waals surface area (Å²) in [6.07, 6.45) is -1.84. The van der Waals surface area contributed by atoms with Gasteiger partial charge in [0, 0.05) is 84.6 Å². The second kappa shape index (κ2) is 20.3. The first-order chi connectivity index (χ1) is 33.2. The van der Waals surface area contributed by atoms with Crippen LogP contribution in [0.5, 0.6) is 5.75 Å². The van der Waals surface area contributed by atoms with E-state index in [0.717, 1.165) is 17.7 Å². The molecule has 3 aliphatic rings. The standard InChI is InChI=1S/C52H47F3N6O8/c1-2-60-24-7-25-61(48-43(60)22-21-42(59-48)32-8-6-9-34(26-32)52(53,54)55)51(68)58-35-14-11-31(12-15-35)30-57-46(64)10-4-3-5-23-56-49(65)33-13-18-38(41(27-33)50(66)67)47-39-19-16-36(62)28-44(39)69-45-29-37(63)17-20-40(45)47/h6,8-9,11-22,26-29,62H,2-5,7,10,23-25,30H2,1H3,(H,56,65)(H,57,64)(H,58,68)(H,66,67). The summed E-state index contributed by atoms with van der Waals surface area (Å²) in [5.74, 6) is -1.41. The van der Waals surface area contributed by atoms with Gasteiger partial charge in [0.1, 0.15) is 17.1 Å². The van der Waals surface area contributed by atoms with E-state index < -0.39 is 29.6 Å². The van der Waals surface area contributed by atoms with Crippen LogP contribution in [-0.4, -0.2) is 65.2 Å². The number of carbonyl (C=O) groups is 4. The number of fused-ring (bicyclic) bond motifs is 3. The normalized spacial score (nSPS) is 12.6. The summed E-state index contributed by atoms with van der Waals surface area (Å²) in [5, 5.41) is 29.5. The van der Waals surface area contributed by atoms with E-state index in [1.807, 2.05) is 6.92 Å². The average Bonchev–Trinajstić information content (AvgIpc) is 3.52. The van der Waals surface area contributed by atoms with Gasteiger partial charge in [0.05, 0.1) is 22.5 Å². The third kappa shape index (κ3) is 10.8. The van der Waals surface area contributed by atoms with Crippen LogP contribution in [0.1, 0.15) is 70.9 Å². The number of phenolic OH excluding ortho intramolecular Hbond substituents is 1. The fraction of sp³-hybridized carbons (Fsp3) is 0.231. The molecule has 1 aromatic heterocycles. The third-order valence-corrected chi connectivity index (χ3v) is 11.9. The summed E-state index contributed by atoms with van der Waals surface area (Å²) >= 11 is 0. The lowest BCUT2D eigenvalue weighted by Gasteiger charge is -2.25. The molecule has 0 radical (unpaired) electrons. The Balaban J connectivity index is 0.808. The SMILES string of the molecule is CCN1CCCN(C(=O)Nc2ccc(CNC(=O)CCCCCNC(=O)c3ccc(-c4c5ccc(=O)cc-5oc5cc(O)ccc45)c(C(=O)O)c3)cc2)c2nc(-c3cccc(C(F)(F)F)c3)ccc21. The first-order valence-corrected chi connectivity index (χ1v) is 22.4. The molecule has 0 saturated heterocycles. The first kappa shape index (κ1) is 47.3. The predicted molar refractivity (Wildman–Crippen MR) is 256 cm³/mol. The van der Waals surface area contributed by atoms with E-state index in [1.165, 1.54) is 53.4 Å². The smallest absolute Gasteiger partial charge is 0.416 e. The fourth-order valence-corrected chi connectivity index (χ4v) is 8.38. The van der Waals surface area contributed by atoms with Crippen LogP contribution in [-0.2, 0) is 17.5 Å². The molecule has 4 amide bonds. The summed E-state index contributed by atoms with van der Waals surface area (Å²) in [5.41, 5.74) is 2.98. The Morgan fingerprint density at radius 1 is 0.826 bits per heavy atom. The molecule has 0 unspecified atom stereocenters. The number of aromatic carboxylic acids is 1. The Hall–Kier alpha value is -8.21. The minimum atomic E-state index is -4.52. The molecule has 354 valence electrons. The van der Waals surface area contributed by atoms with Crippen molar-refractivity contribution in [2.45, 2.75) is 51.7 Å². The van der Waals surface area contributed by atoms with E-state index in [4.69, 9.17) is 9.40 Å². The number of urea groups is 1. The number of hydrogen-bond donors (Lipinski definition) is 5. The molecule has 17 heteroatoms. The van der Waals surface area contributed by atoms with Crippen molar-refractivity contribution >= 4 is 52.0 Å². The maximum atomic E-state index is 13.7. The second-order valence-corrected chi connectivity index (χ2v) is 16.6. The van der Waals surface area contributed by atoms with Crippen molar-refractivity contribution in [2.75, 3.05) is 41.3 Å². The van der Waals surface area contributed by atoms with Crippen molar-refractivity contribution in [1.29, 1.82) is 0 Å². The number of unbranched alkanes of at least 4 members (excludes halogenated alkanes) is 2. The number of amides is 4. The summed E-state index contributed by atoms with van der Waals surface area (Å²) in [7, 11) is 0. The quantitative estimate of drug-likeness (QED) is 0.0517. The summed E-state index contributed by atoms with van der Waals surface area (Å²) < 4.78 is 46.4. The lowest BCUT2D eigenvalue weighted by Crippen LogP contribution is -2.36. The van der Waals surface area contributed by atoms with Gasteiger partial charge in [0.15, 0.2) is 11.2 Å². The van der Waals surface area contributed by atoms with E-state index >= 15 is 0 Å². The van der Waals surface area contributed by atoms with E-state index in [9.17, 15) is 47.4 Å². The number of phenols is 1. The number of alkyl halides is 3. The van der Waals surface area contributed by atoms with Crippen LogP contribution < -0.4 is 31.2 Å². The minimum Gasteiger partial charge on any atom is -0.508 e. The number of rotatable bonds is 14. The van der Waals surface area contributed by atoms with Crippen molar-refractivity contribution < 1.29 is 47.0 Å². The van der Waals surface area contributed by atoms with Crippen LogP contribution in [0.15, 0.2) is 124 Å². The van der Waals surface area contributed by atoms with Gasteiger partial charge in [-0.05, 0) is 110 Å². The van der Waals surface area contributed by atoms with E-state index in [0.29, 0.717) is 96.8 Å². The van der Waals surface area contributed by atoms with Gasteiger partial charge in [0.25, 0.3) is 5.91 Å². The Morgan fingerprint density at radius 3 is 2.39 bits per heavy atom. The maximum Gasteiger partial charge on any atom is 0.416 e. The molecule has 3 heterocycles. The number of carbonyl (C=O) groups excluding carboxylic acids is 3. The summed E-state index contributed by atoms with van der Waals surface area (Å²) in [6.45, 7) is 4.18. The molecule has 8 rings (SSSR count). The zero-order valence-corrected chi connectivity index (χ0v) is 37.4. The molecule has 5 aromatic rings. The molecule has 69 heavy (non-hydrogen) atoms. The number of benzene rings is 5. The van der Waals surface area contributed by atoms with E-state index in [1.54, 1.807) is 54.6 Å². The Morgan fingerprint density at radius 2 is 1.62 bits per heavy atom. The van der Waals surface area contributed by atoms with Gasteiger partial charge < -0.3 is 35.5 Å². The van der Waals surface area contributed by atoms with Crippen LogP contribution in [0.25, 0.3) is 44.7 Å². The molecule has 5 N–H and O–H groups in total. The number of aromatic hydroxyl groups is 1.